The molecule has 106 valence electrons. The van der Waals surface area contributed by atoms with Gasteiger partial charge in [-0.1, -0.05) is 25.2 Å². The van der Waals surface area contributed by atoms with Crippen LogP contribution in [-0.2, 0) is 14.3 Å². The van der Waals surface area contributed by atoms with E-state index < -0.39 is 20.1 Å². The Labute approximate surface area is 111 Å². The molecule has 0 radical (unpaired) electrons. The van der Waals surface area contributed by atoms with Crippen molar-refractivity contribution >= 4 is 14.0 Å². The Hall–Kier alpha value is -0.653. The fourth-order valence-electron chi connectivity index (χ4n) is 1.22. The zero-order valence-electron chi connectivity index (χ0n) is 12.0. The van der Waals surface area contributed by atoms with Crippen LogP contribution in [0.4, 0.5) is 0 Å². The topological polar surface area (TPSA) is 55.8 Å². The molecule has 0 amide bonds. The summed E-state index contributed by atoms with van der Waals surface area (Å²) in [5, 5.41) is 8.97. The van der Waals surface area contributed by atoms with Crippen LogP contribution in [0.25, 0.3) is 0 Å². The molecule has 18 heavy (non-hydrogen) atoms. The molecule has 0 saturated heterocycles. The lowest BCUT2D eigenvalue weighted by Crippen LogP contribution is -2.26. The van der Waals surface area contributed by atoms with Crippen molar-refractivity contribution in [2.24, 2.45) is 0 Å². The second-order valence-corrected chi connectivity index (χ2v) is 11.4. The minimum absolute atomic E-state index is 0.0532. The van der Waals surface area contributed by atoms with E-state index in [9.17, 15) is 4.79 Å². The Bertz CT molecular complexity index is 271. The molecular weight excluding hydrogens is 248 g/mol. The second kappa shape index (κ2) is 8.45. The quantitative estimate of drug-likeness (QED) is 0.288. The van der Waals surface area contributed by atoms with Crippen LogP contribution in [0.2, 0.25) is 25.7 Å². The summed E-state index contributed by atoms with van der Waals surface area (Å²) in [5.74, 6) is -0.940. The van der Waals surface area contributed by atoms with E-state index >= 15 is 0 Å². The lowest BCUT2D eigenvalue weighted by atomic mass is 10.1. The summed E-state index contributed by atoms with van der Waals surface area (Å²) in [5.41, 5.74) is 0.963. The molecule has 0 aromatic carbocycles. The van der Waals surface area contributed by atoms with Gasteiger partial charge in [0, 0.05) is 14.7 Å². The molecule has 0 aliphatic rings. The molecule has 0 bridgehead atoms. The third-order valence-corrected chi connectivity index (χ3v) is 4.16. The number of hydrogen-bond acceptors (Lipinski definition) is 3. The first-order chi connectivity index (χ1) is 8.22. The maximum atomic E-state index is 10.9. The van der Waals surface area contributed by atoms with Gasteiger partial charge in [-0.25, -0.2) is 4.79 Å². The van der Waals surface area contributed by atoms with Gasteiger partial charge < -0.3 is 14.6 Å². The number of carboxylic acids is 1. The van der Waals surface area contributed by atoms with Gasteiger partial charge in [0.15, 0.2) is 6.10 Å². The van der Waals surface area contributed by atoms with Gasteiger partial charge in [0.2, 0.25) is 0 Å². The highest BCUT2D eigenvalue weighted by molar-refractivity contribution is 6.76. The molecule has 4 nitrogen and oxygen atoms in total. The Morgan fingerprint density at radius 2 is 2.00 bits per heavy atom. The molecule has 0 saturated carbocycles. The van der Waals surface area contributed by atoms with Gasteiger partial charge in [0.1, 0.15) is 6.79 Å². The van der Waals surface area contributed by atoms with E-state index in [0.717, 1.165) is 11.6 Å². The van der Waals surface area contributed by atoms with Crippen LogP contribution in [0, 0.1) is 0 Å². The smallest absolute Gasteiger partial charge is 0.332 e. The number of ether oxygens (including phenoxy) is 2. The third kappa shape index (κ3) is 10.5. The first kappa shape index (κ1) is 17.3. The zero-order valence-corrected chi connectivity index (χ0v) is 13.0. The van der Waals surface area contributed by atoms with Gasteiger partial charge in [-0.15, -0.1) is 6.58 Å². The van der Waals surface area contributed by atoms with Crippen molar-refractivity contribution in [1.82, 2.24) is 0 Å². The Kier molecular flexibility index (Phi) is 8.14. The molecule has 0 spiro atoms. The average Bonchev–Trinajstić information content (AvgIpc) is 2.19. The SMILES string of the molecule is C=C(C)CC[C@H](OCOCC[Si](C)(C)C)C(=O)O. The molecule has 0 rings (SSSR count). The third-order valence-electron chi connectivity index (χ3n) is 2.46. The Balaban J connectivity index is 3.77. The molecule has 0 heterocycles. The number of carboxylic acid groups (broad SMARTS) is 1. The lowest BCUT2D eigenvalue weighted by molar-refractivity contribution is -0.161. The van der Waals surface area contributed by atoms with Crippen molar-refractivity contribution < 1.29 is 19.4 Å². The molecule has 0 aromatic rings. The minimum Gasteiger partial charge on any atom is -0.479 e. The zero-order chi connectivity index (χ0) is 14.2. The fraction of sp³-hybridized carbons (Fsp3) is 0.769. The van der Waals surface area contributed by atoms with Crippen molar-refractivity contribution in [3.05, 3.63) is 12.2 Å². The summed E-state index contributed by atoms with van der Waals surface area (Å²) in [7, 11) is -1.09. The first-order valence-electron chi connectivity index (χ1n) is 6.29. The summed E-state index contributed by atoms with van der Waals surface area (Å²) in [4.78, 5) is 10.9. The van der Waals surface area contributed by atoms with Crippen LogP contribution in [0.3, 0.4) is 0 Å². The standard InChI is InChI=1S/C13H26O4Si/c1-11(2)6-7-12(13(14)15)17-10-16-8-9-18(3,4)5/h12H,1,6-10H2,2-5H3,(H,14,15)/t12-/m0/s1. The van der Waals surface area contributed by atoms with Crippen LogP contribution in [-0.4, -0.2) is 38.7 Å². The number of aliphatic carboxylic acids is 1. The van der Waals surface area contributed by atoms with Crippen LogP contribution in [0.5, 0.6) is 0 Å². The molecule has 0 aromatic heterocycles. The maximum absolute atomic E-state index is 10.9. The van der Waals surface area contributed by atoms with E-state index in [2.05, 4.69) is 26.2 Å². The van der Waals surface area contributed by atoms with E-state index in [1.807, 2.05) is 6.92 Å². The molecule has 5 heteroatoms. The van der Waals surface area contributed by atoms with Crippen LogP contribution >= 0.6 is 0 Å². The van der Waals surface area contributed by atoms with Crippen LogP contribution < -0.4 is 0 Å². The number of allylic oxidation sites excluding steroid dienone is 1. The van der Waals surface area contributed by atoms with Gasteiger partial charge >= 0.3 is 5.97 Å². The normalized spacial score (nSPS) is 13.3. The summed E-state index contributed by atoms with van der Waals surface area (Å²) < 4.78 is 10.5. The largest absolute Gasteiger partial charge is 0.479 e. The number of rotatable bonds is 10. The van der Waals surface area contributed by atoms with Crippen molar-refractivity contribution in [3.8, 4) is 0 Å². The van der Waals surface area contributed by atoms with Gasteiger partial charge in [0.05, 0.1) is 0 Å². The van der Waals surface area contributed by atoms with Crippen molar-refractivity contribution in [3.63, 3.8) is 0 Å². The minimum atomic E-state index is -1.09. The van der Waals surface area contributed by atoms with E-state index in [1.165, 1.54) is 0 Å². The summed E-state index contributed by atoms with van der Waals surface area (Å²) >= 11 is 0. The van der Waals surface area contributed by atoms with Crippen molar-refractivity contribution in [2.45, 2.75) is 51.6 Å². The molecular formula is C13H26O4Si. The van der Waals surface area contributed by atoms with Crippen molar-refractivity contribution in [1.29, 1.82) is 0 Å². The highest BCUT2D eigenvalue weighted by Gasteiger charge is 2.18. The number of hydrogen-bond donors (Lipinski definition) is 1. The predicted molar refractivity (Wildman–Crippen MR) is 75.5 cm³/mol. The van der Waals surface area contributed by atoms with Gasteiger partial charge in [0.25, 0.3) is 0 Å². The molecule has 0 aliphatic carbocycles. The Morgan fingerprint density at radius 1 is 1.39 bits per heavy atom. The van der Waals surface area contributed by atoms with E-state index in [0.29, 0.717) is 19.4 Å². The predicted octanol–water partition coefficient (Wildman–Crippen LogP) is 3.12. The molecule has 0 aliphatic heterocycles. The highest BCUT2D eigenvalue weighted by Crippen LogP contribution is 2.10. The van der Waals surface area contributed by atoms with Gasteiger partial charge in [-0.3, -0.25) is 0 Å². The summed E-state index contributed by atoms with van der Waals surface area (Å²) in [6.07, 6.45) is 0.307. The second-order valence-electron chi connectivity index (χ2n) is 5.83. The molecule has 0 unspecified atom stereocenters. The molecule has 1 N–H and O–H groups in total. The summed E-state index contributed by atoms with van der Waals surface area (Å²) in [6.45, 7) is 13.1. The number of carbonyl (C=O) groups is 1. The molecule has 1 atom stereocenters. The van der Waals surface area contributed by atoms with E-state index in [4.69, 9.17) is 14.6 Å². The fourth-order valence-corrected chi connectivity index (χ4v) is 1.98. The Morgan fingerprint density at radius 3 is 2.44 bits per heavy atom. The van der Waals surface area contributed by atoms with Gasteiger partial charge in [-0.2, -0.15) is 0 Å². The average molecular weight is 274 g/mol. The van der Waals surface area contributed by atoms with E-state index in [1.54, 1.807) is 0 Å². The molecule has 0 fully saturated rings. The van der Waals surface area contributed by atoms with E-state index in [-0.39, 0.29) is 6.79 Å². The highest BCUT2D eigenvalue weighted by atomic mass is 28.3. The van der Waals surface area contributed by atoms with Crippen LogP contribution in [0.1, 0.15) is 19.8 Å². The first-order valence-corrected chi connectivity index (χ1v) is 9.99. The summed E-state index contributed by atoms with van der Waals surface area (Å²) in [6, 6.07) is 1.06. The maximum Gasteiger partial charge on any atom is 0.332 e. The van der Waals surface area contributed by atoms with Crippen molar-refractivity contribution in [2.75, 3.05) is 13.4 Å². The van der Waals surface area contributed by atoms with Gasteiger partial charge in [-0.05, 0) is 25.8 Å². The lowest BCUT2D eigenvalue weighted by Gasteiger charge is -2.17. The monoisotopic (exact) mass is 274 g/mol. The van der Waals surface area contributed by atoms with Crippen LogP contribution in [0.15, 0.2) is 12.2 Å².